The van der Waals surface area contributed by atoms with Gasteiger partial charge < -0.3 is 15.8 Å². The zero-order valence-corrected chi connectivity index (χ0v) is 11.7. The molecule has 5 nitrogen and oxygen atoms in total. The maximum atomic E-state index is 11.7. The summed E-state index contributed by atoms with van der Waals surface area (Å²) in [5.41, 5.74) is 6.55. The fraction of sp³-hybridized carbons (Fsp3) is 0.538. The third kappa shape index (κ3) is 2.88. The van der Waals surface area contributed by atoms with Crippen LogP contribution in [0.4, 0.5) is 10.7 Å². The molecular formula is C13H17N3O2S. The molecule has 0 radical (unpaired) electrons. The second-order valence-electron chi connectivity index (χ2n) is 4.45. The van der Waals surface area contributed by atoms with Gasteiger partial charge >= 0.3 is 0 Å². The fourth-order valence-corrected chi connectivity index (χ4v) is 3.15. The van der Waals surface area contributed by atoms with E-state index in [-0.39, 0.29) is 11.9 Å². The molecule has 0 bridgehead atoms. The summed E-state index contributed by atoms with van der Waals surface area (Å²) in [6.45, 7) is 3.23. The summed E-state index contributed by atoms with van der Waals surface area (Å²) in [5, 5.41) is 13.0. The summed E-state index contributed by atoms with van der Waals surface area (Å²) < 4.78 is 5.51. The summed E-state index contributed by atoms with van der Waals surface area (Å²) in [5.74, 6) is -0.0239. The van der Waals surface area contributed by atoms with Crippen LogP contribution in [0.3, 0.4) is 0 Å². The number of ether oxygens (including phenoxy) is 1. The molecule has 1 saturated heterocycles. The molecule has 1 aliphatic rings. The van der Waals surface area contributed by atoms with Crippen molar-refractivity contribution in [2.45, 2.75) is 32.3 Å². The maximum absolute atomic E-state index is 11.7. The number of nitrogen functional groups attached to an aromatic ring is 1. The van der Waals surface area contributed by atoms with Crippen LogP contribution in [0.1, 0.15) is 41.4 Å². The van der Waals surface area contributed by atoms with Gasteiger partial charge in [-0.3, -0.25) is 4.79 Å². The number of Topliss-reactive ketones (excluding diaryl/α,β-unsaturated/α-hetero) is 1. The summed E-state index contributed by atoms with van der Waals surface area (Å²) in [7, 11) is 0. The highest BCUT2D eigenvalue weighted by molar-refractivity contribution is 7.19. The molecule has 0 aromatic carbocycles. The van der Waals surface area contributed by atoms with E-state index in [4.69, 9.17) is 15.7 Å². The number of nitrogens with one attached hydrogen (secondary N) is 1. The molecule has 19 heavy (non-hydrogen) atoms. The second-order valence-corrected chi connectivity index (χ2v) is 5.47. The number of hydrogen-bond acceptors (Lipinski definition) is 6. The van der Waals surface area contributed by atoms with Crippen molar-refractivity contribution < 1.29 is 9.53 Å². The highest BCUT2D eigenvalue weighted by Crippen LogP contribution is 2.36. The molecule has 1 atom stereocenters. The van der Waals surface area contributed by atoms with Gasteiger partial charge in [0, 0.05) is 19.6 Å². The van der Waals surface area contributed by atoms with Crippen molar-refractivity contribution in [1.29, 1.82) is 5.26 Å². The first kappa shape index (κ1) is 13.8. The van der Waals surface area contributed by atoms with Gasteiger partial charge in [-0.25, -0.2) is 0 Å². The Morgan fingerprint density at radius 2 is 2.47 bits per heavy atom. The van der Waals surface area contributed by atoms with Gasteiger partial charge in [0.05, 0.1) is 16.7 Å². The van der Waals surface area contributed by atoms with E-state index in [0.717, 1.165) is 19.4 Å². The number of carbonyl (C=O) groups excluding carboxylic acids is 1. The molecule has 6 heteroatoms. The van der Waals surface area contributed by atoms with Crippen molar-refractivity contribution >= 4 is 27.8 Å². The number of hydrogen-bond donors (Lipinski definition) is 2. The summed E-state index contributed by atoms with van der Waals surface area (Å²) in [6, 6.07) is 2.07. The van der Waals surface area contributed by atoms with Crippen LogP contribution >= 0.6 is 11.3 Å². The Morgan fingerprint density at radius 3 is 3.05 bits per heavy atom. The summed E-state index contributed by atoms with van der Waals surface area (Å²) in [4.78, 5) is 12.2. The van der Waals surface area contributed by atoms with Crippen molar-refractivity contribution in [1.82, 2.24) is 0 Å². The third-order valence-corrected chi connectivity index (χ3v) is 4.35. The predicted molar refractivity (Wildman–Crippen MR) is 75.5 cm³/mol. The smallest absolute Gasteiger partial charge is 0.174 e. The van der Waals surface area contributed by atoms with Gasteiger partial charge in [0.1, 0.15) is 16.6 Å². The number of rotatable bonds is 5. The van der Waals surface area contributed by atoms with Crippen molar-refractivity contribution in [2.75, 3.05) is 24.2 Å². The summed E-state index contributed by atoms with van der Waals surface area (Å²) in [6.07, 6.45) is 2.67. The largest absolute Gasteiger partial charge is 0.396 e. The molecule has 1 fully saturated rings. The Bertz CT molecular complexity index is 513. The Labute approximate surface area is 116 Å². The van der Waals surface area contributed by atoms with E-state index in [1.807, 2.05) is 0 Å². The molecule has 0 saturated carbocycles. The van der Waals surface area contributed by atoms with Crippen LogP contribution in [-0.4, -0.2) is 25.0 Å². The Kier molecular flexibility index (Phi) is 4.40. The van der Waals surface area contributed by atoms with Crippen LogP contribution < -0.4 is 11.1 Å². The molecule has 1 aromatic heterocycles. The van der Waals surface area contributed by atoms with E-state index >= 15 is 0 Å². The lowest BCUT2D eigenvalue weighted by Gasteiger charge is -2.10. The lowest BCUT2D eigenvalue weighted by Crippen LogP contribution is -2.18. The molecule has 1 unspecified atom stereocenters. The first-order valence-corrected chi connectivity index (χ1v) is 7.20. The van der Waals surface area contributed by atoms with Crippen LogP contribution in [0.2, 0.25) is 0 Å². The van der Waals surface area contributed by atoms with Crippen LogP contribution in [-0.2, 0) is 4.74 Å². The van der Waals surface area contributed by atoms with E-state index in [1.165, 1.54) is 11.3 Å². The van der Waals surface area contributed by atoms with Crippen molar-refractivity contribution in [3.05, 3.63) is 10.4 Å². The van der Waals surface area contributed by atoms with Crippen LogP contribution in [0.15, 0.2) is 0 Å². The predicted octanol–water partition coefficient (Wildman–Crippen LogP) is 2.39. The molecule has 3 N–H and O–H groups in total. The topological polar surface area (TPSA) is 88.1 Å². The minimum Gasteiger partial charge on any atom is -0.396 e. The standard InChI is InChI=1S/C13H17N3O2S/c1-2-10(17)12-11(15)9(6-14)13(19-12)16-7-8-4-3-5-18-8/h8,16H,2-5,7,15H2,1H3. The monoisotopic (exact) mass is 279 g/mol. The molecule has 0 amide bonds. The zero-order chi connectivity index (χ0) is 13.8. The van der Waals surface area contributed by atoms with E-state index in [9.17, 15) is 4.79 Å². The van der Waals surface area contributed by atoms with E-state index < -0.39 is 0 Å². The Balaban J connectivity index is 2.15. The highest BCUT2D eigenvalue weighted by atomic mass is 32.1. The van der Waals surface area contributed by atoms with Gasteiger partial charge in [0.2, 0.25) is 0 Å². The Hall–Kier alpha value is -1.58. The van der Waals surface area contributed by atoms with E-state index in [2.05, 4.69) is 11.4 Å². The summed E-state index contributed by atoms with van der Waals surface area (Å²) >= 11 is 1.26. The number of nitriles is 1. The molecule has 0 aliphatic carbocycles. The lowest BCUT2D eigenvalue weighted by molar-refractivity contribution is 0.0993. The molecule has 1 aliphatic heterocycles. The second kappa shape index (κ2) is 6.04. The molecule has 0 spiro atoms. The van der Waals surface area contributed by atoms with Crippen LogP contribution in [0.5, 0.6) is 0 Å². The SMILES string of the molecule is CCC(=O)c1sc(NCC2CCCO2)c(C#N)c1N. The third-order valence-electron chi connectivity index (χ3n) is 3.15. The number of ketones is 1. The van der Waals surface area contributed by atoms with Gasteiger partial charge in [-0.05, 0) is 12.8 Å². The van der Waals surface area contributed by atoms with E-state index in [0.29, 0.717) is 34.1 Å². The average Bonchev–Trinajstić information content (AvgIpc) is 3.03. The molecule has 2 heterocycles. The minimum atomic E-state index is -0.0239. The Morgan fingerprint density at radius 1 is 1.68 bits per heavy atom. The average molecular weight is 279 g/mol. The zero-order valence-electron chi connectivity index (χ0n) is 10.9. The van der Waals surface area contributed by atoms with Crippen molar-refractivity contribution in [3.8, 4) is 6.07 Å². The number of carbonyl (C=O) groups is 1. The molecular weight excluding hydrogens is 262 g/mol. The first-order valence-electron chi connectivity index (χ1n) is 6.38. The lowest BCUT2D eigenvalue weighted by atomic mass is 10.2. The first-order chi connectivity index (χ1) is 9.17. The number of thiophene rings is 1. The minimum absolute atomic E-state index is 0.0239. The normalized spacial score (nSPS) is 18.2. The molecule has 102 valence electrons. The van der Waals surface area contributed by atoms with Crippen LogP contribution in [0.25, 0.3) is 0 Å². The van der Waals surface area contributed by atoms with Gasteiger partial charge in [-0.15, -0.1) is 11.3 Å². The van der Waals surface area contributed by atoms with Crippen molar-refractivity contribution in [2.24, 2.45) is 0 Å². The molecule has 1 aromatic rings. The number of nitrogens with two attached hydrogens (primary N) is 1. The van der Waals surface area contributed by atoms with Gasteiger partial charge in [0.15, 0.2) is 5.78 Å². The number of anilines is 2. The van der Waals surface area contributed by atoms with Gasteiger partial charge in [0.25, 0.3) is 0 Å². The van der Waals surface area contributed by atoms with E-state index in [1.54, 1.807) is 6.92 Å². The van der Waals surface area contributed by atoms with Crippen LogP contribution in [0, 0.1) is 11.3 Å². The maximum Gasteiger partial charge on any atom is 0.174 e. The molecule has 2 rings (SSSR count). The highest BCUT2D eigenvalue weighted by Gasteiger charge is 2.21. The van der Waals surface area contributed by atoms with Gasteiger partial charge in [-0.2, -0.15) is 5.26 Å². The number of nitrogens with zero attached hydrogens (tertiary/aromatic N) is 1. The fourth-order valence-electron chi connectivity index (χ4n) is 2.06. The van der Waals surface area contributed by atoms with Gasteiger partial charge in [-0.1, -0.05) is 6.92 Å². The quantitative estimate of drug-likeness (QED) is 0.808. The van der Waals surface area contributed by atoms with Crippen molar-refractivity contribution in [3.63, 3.8) is 0 Å².